The Bertz CT molecular complexity index is 423. The third-order valence-electron chi connectivity index (χ3n) is 7.15. The largest absolute Gasteiger partial charge is 0.379 e. The van der Waals surface area contributed by atoms with Crippen LogP contribution in [0.3, 0.4) is 0 Å². The van der Waals surface area contributed by atoms with Crippen molar-refractivity contribution in [2.45, 2.75) is 130 Å². The average Bonchev–Trinajstić information content (AvgIpc) is 2.95. The van der Waals surface area contributed by atoms with Crippen LogP contribution >= 0.6 is 0 Å². The lowest BCUT2D eigenvalue weighted by Gasteiger charge is -2.15. The van der Waals surface area contributed by atoms with Crippen LogP contribution in [0.25, 0.3) is 0 Å². The maximum atomic E-state index is 5.84. The second kappa shape index (κ2) is 35.8. The molecule has 0 fully saturated rings. The van der Waals surface area contributed by atoms with E-state index >= 15 is 0 Å². The van der Waals surface area contributed by atoms with Gasteiger partial charge in [0.1, 0.15) is 0 Å². The van der Waals surface area contributed by atoms with Crippen LogP contribution in [0, 0.1) is 5.92 Å². The van der Waals surface area contributed by atoms with E-state index in [9.17, 15) is 0 Å². The van der Waals surface area contributed by atoms with Crippen LogP contribution in [-0.4, -0.2) is 79.3 Å². The normalized spacial score (nSPS) is 12.4. The molecule has 0 aliphatic heterocycles. The molecule has 0 radical (unpaired) electrons. The highest BCUT2D eigenvalue weighted by atomic mass is 16.6. The Balaban J connectivity index is 3.17. The summed E-state index contributed by atoms with van der Waals surface area (Å²) in [6.07, 6.45) is 22.8. The van der Waals surface area contributed by atoms with Gasteiger partial charge in [0, 0.05) is 13.2 Å². The summed E-state index contributed by atoms with van der Waals surface area (Å²) in [5.74, 6) is 0.687. The minimum absolute atomic E-state index is 0.582. The first-order chi connectivity index (χ1) is 19.3. The molecule has 6 heteroatoms. The Hall–Kier alpha value is -0.240. The standard InChI is InChI=1S/C33H68O6/c1-4-7-9-11-13-15-17-19-21-34-22-23-35-24-25-36-26-27-37-28-29-38-30-31-39-32-33(6-3)20-18-16-14-12-10-8-5-2/h33H,4-32H2,1-3H3. The van der Waals surface area contributed by atoms with Gasteiger partial charge in [0.05, 0.1) is 66.1 Å². The molecule has 236 valence electrons. The van der Waals surface area contributed by atoms with E-state index in [1.807, 2.05) is 0 Å². The molecule has 1 unspecified atom stereocenters. The molecule has 0 N–H and O–H groups in total. The van der Waals surface area contributed by atoms with Crippen LogP contribution in [0.15, 0.2) is 0 Å². The van der Waals surface area contributed by atoms with Gasteiger partial charge in [0.25, 0.3) is 0 Å². The first-order valence-corrected chi connectivity index (χ1v) is 16.8. The zero-order valence-electron chi connectivity index (χ0n) is 26.5. The molecular weight excluding hydrogens is 492 g/mol. The number of hydrogen-bond donors (Lipinski definition) is 0. The van der Waals surface area contributed by atoms with E-state index in [1.54, 1.807) is 0 Å². The second-order valence-corrected chi connectivity index (χ2v) is 10.8. The quantitative estimate of drug-likeness (QED) is 0.0726. The fourth-order valence-corrected chi connectivity index (χ4v) is 4.48. The molecule has 0 saturated carbocycles. The maximum absolute atomic E-state index is 5.84. The van der Waals surface area contributed by atoms with Gasteiger partial charge in [-0.15, -0.1) is 0 Å². The van der Waals surface area contributed by atoms with Crippen LogP contribution in [0.5, 0.6) is 0 Å². The molecule has 0 aromatic carbocycles. The highest BCUT2D eigenvalue weighted by Gasteiger charge is 2.06. The average molecular weight is 561 g/mol. The van der Waals surface area contributed by atoms with Crippen molar-refractivity contribution in [1.82, 2.24) is 0 Å². The summed E-state index contributed by atoms with van der Waals surface area (Å²) in [6, 6.07) is 0. The second-order valence-electron chi connectivity index (χ2n) is 10.8. The highest BCUT2D eigenvalue weighted by molar-refractivity contribution is 4.57. The van der Waals surface area contributed by atoms with Crippen molar-refractivity contribution in [2.24, 2.45) is 5.92 Å². The zero-order valence-corrected chi connectivity index (χ0v) is 26.5. The van der Waals surface area contributed by atoms with Gasteiger partial charge in [-0.25, -0.2) is 0 Å². The van der Waals surface area contributed by atoms with E-state index in [0.29, 0.717) is 72.0 Å². The fraction of sp³-hybridized carbons (Fsp3) is 1.00. The van der Waals surface area contributed by atoms with E-state index in [4.69, 9.17) is 28.4 Å². The molecule has 0 spiro atoms. The number of rotatable bonds is 35. The van der Waals surface area contributed by atoms with Crippen molar-refractivity contribution in [2.75, 3.05) is 79.3 Å². The zero-order chi connectivity index (χ0) is 28.3. The SMILES string of the molecule is CCCCCCCCCCOCCOCCOCCOCCOCCOCC(CC)CCCCCCCCC. The summed E-state index contributed by atoms with van der Waals surface area (Å²) in [5, 5.41) is 0. The number of ether oxygens (including phenoxy) is 6. The monoisotopic (exact) mass is 561 g/mol. The molecule has 0 rings (SSSR count). The molecule has 0 saturated heterocycles. The summed E-state index contributed by atoms with van der Waals surface area (Å²) in [7, 11) is 0. The van der Waals surface area contributed by atoms with Crippen LogP contribution < -0.4 is 0 Å². The van der Waals surface area contributed by atoms with Gasteiger partial charge in [-0.05, 0) is 18.8 Å². The van der Waals surface area contributed by atoms with Gasteiger partial charge in [-0.3, -0.25) is 0 Å². The van der Waals surface area contributed by atoms with Crippen molar-refractivity contribution in [1.29, 1.82) is 0 Å². The number of unbranched alkanes of at least 4 members (excludes halogenated alkanes) is 13. The molecular formula is C33H68O6. The van der Waals surface area contributed by atoms with E-state index in [1.165, 1.54) is 103 Å². The Labute approximate surface area is 243 Å². The summed E-state index contributed by atoms with van der Waals surface area (Å²) in [6.45, 7) is 14.7. The smallest absolute Gasteiger partial charge is 0.0701 e. The van der Waals surface area contributed by atoms with Gasteiger partial charge in [-0.2, -0.15) is 0 Å². The van der Waals surface area contributed by atoms with Gasteiger partial charge < -0.3 is 28.4 Å². The molecule has 6 nitrogen and oxygen atoms in total. The third-order valence-corrected chi connectivity index (χ3v) is 7.15. The summed E-state index contributed by atoms with van der Waals surface area (Å²) in [4.78, 5) is 0. The molecule has 0 aromatic rings. The van der Waals surface area contributed by atoms with Crippen LogP contribution in [0.4, 0.5) is 0 Å². The van der Waals surface area contributed by atoms with E-state index in [2.05, 4.69) is 20.8 Å². The maximum Gasteiger partial charge on any atom is 0.0701 e. The highest BCUT2D eigenvalue weighted by Crippen LogP contribution is 2.16. The molecule has 0 aliphatic carbocycles. The first-order valence-electron chi connectivity index (χ1n) is 16.8. The lowest BCUT2D eigenvalue weighted by Crippen LogP contribution is -2.15. The van der Waals surface area contributed by atoms with Crippen LogP contribution in [0.1, 0.15) is 130 Å². The summed E-state index contributed by atoms with van der Waals surface area (Å²) < 4.78 is 33.7. The van der Waals surface area contributed by atoms with E-state index in [0.717, 1.165) is 19.6 Å². The first kappa shape index (κ1) is 38.8. The molecule has 0 bridgehead atoms. The van der Waals surface area contributed by atoms with Crippen LogP contribution in [-0.2, 0) is 28.4 Å². The van der Waals surface area contributed by atoms with Gasteiger partial charge in [0.15, 0.2) is 0 Å². The van der Waals surface area contributed by atoms with E-state index < -0.39 is 0 Å². The predicted octanol–water partition coefficient (Wildman–Crippen LogP) is 8.39. The van der Waals surface area contributed by atoms with E-state index in [-0.39, 0.29) is 0 Å². The molecule has 39 heavy (non-hydrogen) atoms. The Kier molecular flexibility index (Phi) is 35.6. The fourth-order valence-electron chi connectivity index (χ4n) is 4.48. The Morgan fingerprint density at radius 1 is 0.333 bits per heavy atom. The summed E-state index contributed by atoms with van der Waals surface area (Å²) >= 11 is 0. The lowest BCUT2D eigenvalue weighted by atomic mass is 9.98. The van der Waals surface area contributed by atoms with Gasteiger partial charge in [-0.1, -0.05) is 117 Å². The molecule has 1 atom stereocenters. The minimum Gasteiger partial charge on any atom is -0.379 e. The van der Waals surface area contributed by atoms with Crippen LogP contribution in [0.2, 0.25) is 0 Å². The minimum atomic E-state index is 0.582. The van der Waals surface area contributed by atoms with Crippen molar-refractivity contribution >= 4 is 0 Å². The van der Waals surface area contributed by atoms with Crippen molar-refractivity contribution in [3.63, 3.8) is 0 Å². The molecule has 0 aromatic heterocycles. The Morgan fingerprint density at radius 2 is 0.667 bits per heavy atom. The van der Waals surface area contributed by atoms with Crippen molar-refractivity contribution in [3.05, 3.63) is 0 Å². The topological polar surface area (TPSA) is 55.4 Å². The Morgan fingerprint density at radius 3 is 1.08 bits per heavy atom. The molecule has 0 aliphatic rings. The van der Waals surface area contributed by atoms with Gasteiger partial charge >= 0.3 is 0 Å². The van der Waals surface area contributed by atoms with Gasteiger partial charge in [0.2, 0.25) is 0 Å². The molecule has 0 amide bonds. The summed E-state index contributed by atoms with van der Waals surface area (Å²) in [5.41, 5.74) is 0. The molecule has 0 heterocycles. The van der Waals surface area contributed by atoms with Crippen molar-refractivity contribution < 1.29 is 28.4 Å². The predicted molar refractivity (Wildman–Crippen MR) is 164 cm³/mol. The third kappa shape index (κ3) is 33.9. The van der Waals surface area contributed by atoms with Crippen molar-refractivity contribution in [3.8, 4) is 0 Å². The number of hydrogen-bond acceptors (Lipinski definition) is 6. The lowest BCUT2D eigenvalue weighted by molar-refractivity contribution is -0.0187.